The maximum atomic E-state index is 12.8. The van der Waals surface area contributed by atoms with Crippen LogP contribution in [0.25, 0.3) is 0 Å². The lowest BCUT2D eigenvalue weighted by molar-refractivity contribution is -0.173. The van der Waals surface area contributed by atoms with Gasteiger partial charge in [-0.3, -0.25) is 9.59 Å². The predicted octanol–water partition coefficient (Wildman–Crippen LogP) is 2.34. The zero-order valence-corrected chi connectivity index (χ0v) is 15.4. The van der Waals surface area contributed by atoms with Gasteiger partial charge in [0, 0.05) is 6.42 Å². The summed E-state index contributed by atoms with van der Waals surface area (Å²) >= 11 is 0. The second kappa shape index (κ2) is 6.96. The Kier molecular flexibility index (Phi) is 5.07. The van der Waals surface area contributed by atoms with Crippen LogP contribution in [0.5, 0.6) is 0 Å². The Balaban J connectivity index is 1.77. The van der Waals surface area contributed by atoms with Crippen LogP contribution in [0.4, 0.5) is 0 Å². The lowest BCUT2D eigenvalue weighted by Gasteiger charge is -2.36. The van der Waals surface area contributed by atoms with E-state index in [4.69, 9.17) is 14.2 Å². The van der Waals surface area contributed by atoms with Crippen molar-refractivity contribution in [3.63, 3.8) is 0 Å². The van der Waals surface area contributed by atoms with Crippen LogP contribution in [0.15, 0.2) is 0 Å². The first kappa shape index (κ1) is 18.2. The van der Waals surface area contributed by atoms with Gasteiger partial charge in [0.1, 0.15) is 0 Å². The monoisotopic (exact) mass is 352 g/mol. The van der Waals surface area contributed by atoms with Crippen LogP contribution in [-0.2, 0) is 28.6 Å². The lowest BCUT2D eigenvalue weighted by atomic mass is 9.69. The van der Waals surface area contributed by atoms with Crippen LogP contribution in [-0.4, -0.2) is 36.7 Å². The minimum atomic E-state index is -0.828. The third-order valence-corrected chi connectivity index (χ3v) is 6.62. The fourth-order valence-electron chi connectivity index (χ4n) is 4.81. The molecule has 8 unspecified atom stereocenters. The number of esters is 3. The minimum absolute atomic E-state index is 0.111. The SMILES string of the molecule is CCC(C)OC(=O)C1C2CC(C(C)C2C)C1C(=O)OC1CCOC1=O. The number of carbonyl (C=O) groups excluding carboxylic acids is 3. The zero-order valence-electron chi connectivity index (χ0n) is 15.4. The van der Waals surface area contributed by atoms with E-state index in [1.165, 1.54) is 0 Å². The van der Waals surface area contributed by atoms with Gasteiger partial charge in [0.2, 0.25) is 6.10 Å². The van der Waals surface area contributed by atoms with Crippen molar-refractivity contribution < 1.29 is 28.6 Å². The summed E-state index contributed by atoms with van der Waals surface area (Å²) in [7, 11) is 0. The van der Waals surface area contributed by atoms with Crippen LogP contribution in [0.2, 0.25) is 0 Å². The largest absolute Gasteiger partial charge is 0.463 e. The second-order valence-corrected chi connectivity index (χ2v) is 7.87. The number of ether oxygens (including phenoxy) is 3. The average Bonchev–Trinajstić information content (AvgIpc) is 3.23. The highest BCUT2D eigenvalue weighted by atomic mass is 16.6. The Bertz CT molecular complexity index is 558. The van der Waals surface area contributed by atoms with E-state index in [0.29, 0.717) is 18.3 Å². The van der Waals surface area contributed by atoms with Gasteiger partial charge in [0.05, 0.1) is 24.5 Å². The molecule has 2 bridgehead atoms. The molecule has 2 saturated carbocycles. The Morgan fingerprint density at radius 2 is 1.76 bits per heavy atom. The number of hydrogen-bond donors (Lipinski definition) is 0. The molecule has 8 atom stereocenters. The number of rotatable bonds is 5. The van der Waals surface area contributed by atoms with Gasteiger partial charge < -0.3 is 14.2 Å². The molecule has 140 valence electrons. The highest BCUT2D eigenvalue weighted by molar-refractivity contribution is 5.86. The Hall–Kier alpha value is -1.59. The minimum Gasteiger partial charge on any atom is -0.463 e. The van der Waals surface area contributed by atoms with Crippen LogP contribution in [0.1, 0.15) is 47.0 Å². The van der Waals surface area contributed by atoms with Gasteiger partial charge >= 0.3 is 17.9 Å². The van der Waals surface area contributed by atoms with Crippen LogP contribution >= 0.6 is 0 Å². The first-order chi connectivity index (χ1) is 11.8. The molecule has 3 rings (SSSR count). The summed E-state index contributed by atoms with van der Waals surface area (Å²) in [5.74, 6) is -1.22. The van der Waals surface area contributed by atoms with E-state index in [2.05, 4.69) is 13.8 Å². The summed E-state index contributed by atoms with van der Waals surface area (Å²) < 4.78 is 15.8. The third-order valence-electron chi connectivity index (χ3n) is 6.62. The van der Waals surface area contributed by atoms with Crippen molar-refractivity contribution in [1.82, 2.24) is 0 Å². The van der Waals surface area contributed by atoms with Gasteiger partial charge in [-0.25, -0.2) is 4.79 Å². The molecule has 0 aromatic heterocycles. The topological polar surface area (TPSA) is 78.9 Å². The molecule has 1 saturated heterocycles. The second-order valence-electron chi connectivity index (χ2n) is 7.87. The van der Waals surface area contributed by atoms with Crippen LogP contribution in [0, 0.1) is 35.5 Å². The van der Waals surface area contributed by atoms with E-state index in [1.54, 1.807) is 0 Å². The number of cyclic esters (lactones) is 1. The standard InChI is InChI=1S/C19H28O6/c1-5-9(2)24-18(21)15-12-8-13(11(4)10(12)3)16(15)19(22)25-14-6-7-23-17(14)20/h9-16H,5-8H2,1-4H3. The van der Waals surface area contributed by atoms with Crippen molar-refractivity contribution in [1.29, 1.82) is 0 Å². The molecule has 0 radical (unpaired) electrons. The molecule has 0 N–H and O–H groups in total. The van der Waals surface area contributed by atoms with Gasteiger partial charge in [-0.1, -0.05) is 20.8 Å². The number of fused-ring (bicyclic) bond motifs is 2. The fourth-order valence-corrected chi connectivity index (χ4v) is 4.81. The Morgan fingerprint density at radius 1 is 1.16 bits per heavy atom. The maximum absolute atomic E-state index is 12.8. The smallest absolute Gasteiger partial charge is 0.347 e. The van der Waals surface area contributed by atoms with Gasteiger partial charge in [0.25, 0.3) is 0 Å². The molecule has 2 aliphatic carbocycles. The summed E-state index contributed by atoms with van der Waals surface area (Å²) in [4.78, 5) is 37.2. The normalized spacial score (nSPS) is 40.6. The van der Waals surface area contributed by atoms with Crippen LogP contribution < -0.4 is 0 Å². The van der Waals surface area contributed by atoms with E-state index in [9.17, 15) is 14.4 Å². The maximum Gasteiger partial charge on any atom is 0.347 e. The molecule has 3 aliphatic rings. The predicted molar refractivity (Wildman–Crippen MR) is 88.2 cm³/mol. The summed E-state index contributed by atoms with van der Waals surface area (Å²) in [6.45, 7) is 8.38. The zero-order chi connectivity index (χ0) is 18.3. The fraction of sp³-hybridized carbons (Fsp3) is 0.842. The molecule has 0 amide bonds. The van der Waals surface area contributed by atoms with E-state index in [1.807, 2.05) is 13.8 Å². The average molecular weight is 352 g/mol. The van der Waals surface area contributed by atoms with E-state index < -0.39 is 29.9 Å². The van der Waals surface area contributed by atoms with E-state index >= 15 is 0 Å². The van der Waals surface area contributed by atoms with E-state index in [-0.39, 0.29) is 30.5 Å². The third kappa shape index (κ3) is 3.15. The molecule has 3 fully saturated rings. The number of carbonyl (C=O) groups is 3. The quantitative estimate of drug-likeness (QED) is 0.558. The van der Waals surface area contributed by atoms with Gasteiger partial charge in [-0.2, -0.15) is 0 Å². The summed E-state index contributed by atoms with van der Waals surface area (Å²) in [5, 5.41) is 0. The first-order valence-electron chi connectivity index (χ1n) is 9.42. The molecular formula is C19H28O6. The van der Waals surface area contributed by atoms with Crippen molar-refractivity contribution >= 4 is 17.9 Å². The molecule has 0 aromatic carbocycles. The Morgan fingerprint density at radius 3 is 2.28 bits per heavy atom. The van der Waals surface area contributed by atoms with Crippen molar-refractivity contribution in [2.45, 2.75) is 59.2 Å². The van der Waals surface area contributed by atoms with Crippen molar-refractivity contribution in [3.05, 3.63) is 0 Å². The number of hydrogen-bond acceptors (Lipinski definition) is 6. The molecule has 0 aromatic rings. The molecule has 6 nitrogen and oxygen atoms in total. The van der Waals surface area contributed by atoms with Crippen molar-refractivity contribution in [2.75, 3.05) is 6.61 Å². The summed E-state index contributed by atoms with van der Waals surface area (Å²) in [6, 6.07) is 0. The first-order valence-corrected chi connectivity index (χ1v) is 9.42. The summed E-state index contributed by atoms with van der Waals surface area (Å²) in [6.07, 6.45) is 0.977. The van der Waals surface area contributed by atoms with Gasteiger partial charge in [-0.05, 0) is 43.4 Å². The molecule has 1 heterocycles. The molecule has 6 heteroatoms. The summed E-state index contributed by atoms with van der Waals surface area (Å²) in [5.41, 5.74) is 0. The van der Waals surface area contributed by atoms with Crippen LogP contribution in [0.3, 0.4) is 0 Å². The molecule has 1 aliphatic heterocycles. The molecular weight excluding hydrogens is 324 g/mol. The Labute approximate surface area is 148 Å². The lowest BCUT2D eigenvalue weighted by Crippen LogP contribution is -2.44. The van der Waals surface area contributed by atoms with Crippen molar-refractivity contribution in [3.8, 4) is 0 Å². The van der Waals surface area contributed by atoms with Gasteiger partial charge in [0.15, 0.2) is 0 Å². The molecule has 25 heavy (non-hydrogen) atoms. The van der Waals surface area contributed by atoms with Crippen molar-refractivity contribution in [2.24, 2.45) is 35.5 Å². The molecule has 0 spiro atoms. The highest BCUT2D eigenvalue weighted by Gasteiger charge is 2.61. The highest BCUT2D eigenvalue weighted by Crippen LogP contribution is 2.58. The van der Waals surface area contributed by atoms with E-state index in [0.717, 1.165) is 12.8 Å². The van der Waals surface area contributed by atoms with Gasteiger partial charge in [-0.15, -0.1) is 0 Å².